The summed E-state index contributed by atoms with van der Waals surface area (Å²) >= 11 is 12.0. The second-order valence-corrected chi connectivity index (χ2v) is 5.28. The highest BCUT2D eigenvalue weighted by Gasteiger charge is 2.09. The van der Waals surface area contributed by atoms with Crippen LogP contribution >= 0.6 is 23.2 Å². The lowest BCUT2D eigenvalue weighted by atomic mass is 10.2. The second kappa shape index (κ2) is 7.85. The molecule has 0 aliphatic rings. The van der Waals surface area contributed by atoms with Gasteiger partial charge in [0.15, 0.2) is 11.5 Å². The number of hydrazone groups is 1. The van der Waals surface area contributed by atoms with Crippen molar-refractivity contribution >= 4 is 35.3 Å². The summed E-state index contributed by atoms with van der Waals surface area (Å²) in [5.74, 6) is 0.650. The third-order valence-electron chi connectivity index (χ3n) is 2.96. The highest BCUT2D eigenvalue weighted by Crippen LogP contribution is 2.32. The third kappa shape index (κ3) is 4.37. The number of hydrogen-bond acceptors (Lipinski definition) is 4. The Morgan fingerprint density at radius 2 is 1.83 bits per heavy atom. The topological polar surface area (TPSA) is 59.9 Å². The van der Waals surface area contributed by atoms with Crippen molar-refractivity contribution in [3.05, 3.63) is 57.6 Å². The van der Waals surface area contributed by atoms with Gasteiger partial charge in [0.25, 0.3) is 5.91 Å². The summed E-state index contributed by atoms with van der Waals surface area (Å²) in [6.07, 6.45) is 1.42. The van der Waals surface area contributed by atoms with E-state index in [1.807, 2.05) is 0 Å². The van der Waals surface area contributed by atoms with E-state index in [-0.39, 0.29) is 5.91 Å². The van der Waals surface area contributed by atoms with Crippen molar-refractivity contribution in [2.24, 2.45) is 5.10 Å². The summed E-state index contributed by atoms with van der Waals surface area (Å²) < 4.78 is 10.3. The lowest BCUT2D eigenvalue weighted by molar-refractivity contribution is 0.0955. The van der Waals surface area contributed by atoms with E-state index in [9.17, 15) is 4.79 Å². The monoisotopic (exact) mass is 352 g/mol. The van der Waals surface area contributed by atoms with E-state index in [4.69, 9.17) is 32.7 Å². The van der Waals surface area contributed by atoms with Crippen molar-refractivity contribution in [1.82, 2.24) is 5.43 Å². The normalized spacial score (nSPS) is 10.6. The first-order valence-corrected chi connectivity index (χ1v) is 7.31. The van der Waals surface area contributed by atoms with Crippen LogP contribution in [0.3, 0.4) is 0 Å². The number of ether oxygens (including phenoxy) is 2. The predicted octanol–water partition coefficient (Wildman–Crippen LogP) is 3.77. The van der Waals surface area contributed by atoms with E-state index >= 15 is 0 Å². The molecule has 7 heteroatoms. The number of benzene rings is 2. The van der Waals surface area contributed by atoms with Crippen LogP contribution in [0.2, 0.25) is 10.0 Å². The average molecular weight is 353 g/mol. The van der Waals surface area contributed by atoms with E-state index in [1.54, 1.807) is 36.4 Å². The summed E-state index contributed by atoms with van der Waals surface area (Å²) in [6.45, 7) is 0. The molecule has 0 unspecified atom stereocenters. The molecule has 0 aromatic heterocycles. The molecule has 0 saturated heterocycles. The number of rotatable bonds is 5. The number of nitrogens with zero attached hydrogens (tertiary/aromatic N) is 1. The molecule has 1 N–H and O–H groups in total. The lowest BCUT2D eigenvalue weighted by Crippen LogP contribution is -2.17. The van der Waals surface area contributed by atoms with Gasteiger partial charge in [-0.2, -0.15) is 5.10 Å². The molecule has 0 atom stereocenters. The minimum atomic E-state index is -0.375. The van der Waals surface area contributed by atoms with E-state index < -0.39 is 0 Å². The van der Waals surface area contributed by atoms with Crippen molar-refractivity contribution in [2.45, 2.75) is 0 Å². The van der Waals surface area contributed by atoms with Gasteiger partial charge in [0.05, 0.1) is 25.5 Å². The molecule has 120 valence electrons. The third-order valence-corrected chi connectivity index (χ3v) is 3.52. The van der Waals surface area contributed by atoms with Crippen LogP contribution in [0.25, 0.3) is 0 Å². The van der Waals surface area contributed by atoms with Crippen molar-refractivity contribution in [2.75, 3.05) is 14.2 Å². The number of nitrogens with one attached hydrogen (secondary N) is 1. The lowest BCUT2D eigenvalue weighted by Gasteiger charge is -2.09. The van der Waals surface area contributed by atoms with E-state index in [0.717, 1.165) is 0 Å². The zero-order valence-corrected chi connectivity index (χ0v) is 14.0. The van der Waals surface area contributed by atoms with Gasteiger partial charge in [0.2, 0.25) is 0 Å². The predicted molar refractivity (Wildman–Crippen MR) is 91.1 cm³/mol. The van der Waals surface area contributed by atoms with Gasteiger partial charge >= 0.3 is 0 Å². The first-order valence-electron chi connectivity index (χ1n) is 6.55. The molecule has 2 aromatic carbocycles. The Kier molecular flexibility index (Phi) is 5.84. The van der Waals surface area contributed by atoms with Crippen LogP contribution in [0.1, 0.15) is 15.9 Å². The van der Waals surface area contributed by atoms with Crippen LogP contribution in [0.4, 0.5) is 0 Å². The highest BCUT2D eigenvalue weighted by molar-refractivity contribution is 6.33. The molecular weight excluding hydrogens is 339 g/mol. The van der Waals surface area contributed by atoms with Crippen LogP contribution in [-0.4, -0.2) is 26.3 Å². The molecule has 0 aliphatic carbocycles. The zero-order valence-electron chi connectivity index (χ0n) is 12.5. The molecule has 0 radical (unpaired) electrons. The zero-order chi connectivity index (χ0) is 16.8. The molecule has 0 bridgehead atoms. The fraction of sp³-hybridized carbons (Fsp3) is 0.125. The Hall–Kier alpha value is -2.24. The van der Waals surface area contributed by atoms with E-state index in [0.29, 0.717) is 32.7 Å². The minimum Gasteiger partial charge on any atom is -0.493 e. The minimum absolute atomic E-state index is 0.375. The number of halogens is 2. The Labute approximate surface area is 143 Å². The molecule has 0 saturated carbocycles. The molecule has 2 rings (SSSR count). The molecule has 2 aromatic rings. The molecule has 0 fully saturated rings. The summed E-state index contributed by atoms with van der Waals surface area (Å²) in [7, 11) is 3.04. The summed E-state index contributed by atoms with van der Waals surface area (Å²) in [4.78, 5) is 11.9. The van der Waals surface area contributed by atoms with Gasteiger partial charge in [-0.25, -0.2) is 5.43 Å². The molecule has 1 amide bonds. The largest absolute Gasteiger partial charge is 0.493 e. The van der Waals surface area contributed by atoms with Crippen molar-refractivity contribution < 1.29 is 14.3 Å². The Bertz CT molecular complexity index is 748. The fourth-order valence-electron chi connectivity index (χ4n) is 1.82. The number of methoxy groups -OCH3 is 2. The standard InChI is InChI=1S/C16H14Cl2N2O3/c1-22-14-7-11(13(18)8-15(14)23-2)9-19-20-16(21)10-4-3-5-12(17)6-10/h3-9H,1-2H3,(H,20,21)/b19-9-. The first-order chi connectivity index (χ1) is 11.0. The SMILES string of the molecule is COc1cc(Cl)c(/C=N\NC(=O)c2cccc(Cl)c2)cc1OC. The van der Waals surface area contributed by atoms with Crippen LogP contribution in [-0.2, 0) is 0 Å². The molecular formula is C16H14Cl2N2O3. The van der Waals surface area contributed by atoms with Crippen molar-refractivity contribution in [1.29, 1.82) is 0 Å². The van der Waals surface area contributed by atoms with Crippen molar-refractivity contribution in [3.63, 3.8) is 0 Å². The van der Waals surface area contributed by atoms with Gasteiger partial charge in [-0.3, -0.25) is 4.79 Å². The highest BCUT2D eigenvalue weighted by atomic mass is 35.5. The van der Waals surface area contributed by atoms with Gasteiger partial charge in [-0.05, 0) is 24.3 Å². The maximum absolute atomic E-state index is 11.9. The first kappa shape index (κ1) is 17.1. The van der Waals surface area contributed by atoms with Gasteiger partial charge in [-0.15, -0.1) is 0 Å². The number of hydrogen-bond donors (Lipinski definition) is 1. The molecule has 5 nitrogen and oxygen atoms in total. The second-order valence-electron chi connectivity index (χ2n) is 4.44. The Morgan fingerprint density at radius 3 is 2.48 bits per heavy atom. The smallest absolute Gasteiger partial charge is 0.271 e. The van der Waals surface area contributed by atoms with Crippen molar-refractivity contribution in [3.8, 4) is 11.5 Å². The Morgan fingerprint density at radius 1 is 1.13 bits per heavy atom. The number of amides is 1. The van der Waals surface area contributed by atoms with Crippen LogP contribution < -0.4 is 14.9 Å². The molecule has 0 spiro atoms. The van der Waals surface area contributed by atoms with E-state index in [2.05, 4.69) is 10.5 Å². The van der Waals surface area contributed by atoms with Gasteiger partial charge < -0.3 is 9.47 Å². The van der Waals surface area contributed by atoms with Gasteiger partial charge in [0, 0.05) is 22.2 Å². The molecule has 23 heavy (non-hydrogen) atoms. The van der Waals surface area contributed by atoms with Gasteiger partial charge in [0.1, 0.15) is 0 Å². The Balaban J connectivity index is 2.13. The van der Waals surface area contributed by atoms with Gasteiger partial charge in [-0.1, -0.05) is 29.3 Å². The summed E-state index contributed by atoms with van der Waals surface area (Å²) in [5.41, 5.74) is 3.40. The summed E-state index contributed by atoms with van der Waals surface area (Å²) in [6, 6.07) is 9.84. The molecule has 0 heterocycles. The maximum atomic E-state index is 11.9. The fourth-order valence-corrected chi connectivity index (χ4v) is 2.22. The molecule has 0 aliphatic heterocycles. The quantitative estimate of drug-likeness (QED) is 0.658. The van der Waals surface area contributed by atoms with Crippen LogP contribution in [0.15, 0.2) is 41.5 Å². The average Bonchev–Trinajstić information content (AvgIpc) is 2.55. The number of carbonyl (C=O) groups is 1. The maximum Gasteiger partial charge on any atom is 0.271 e. The van der Waals surface area contributed by atoms with E-state index in [1.165, 1.54) is 20.4 Å². The number of carbonyl (C=O) groups excluding carboxylic acids is 1. The van der Waals surface area contributed by atoms with Crippen LogP contribution in [0, 0.1) is 0 Å². The van der Waals surface area contributed by atoms with Crippen LogP contribution in [0.5, 0.6) is 11.5 Å². The summed E-state index contributed by atoms with van der Waals surface area (Å²) in [5, 5.41) is 4.79.